The highest BCUT2D eigenvalue weighted by molar-refractivity contribution is 9.11. The van der Waals surface area contributed by atoms with Gasteiger partial charge in [0.15, 0.2) is 0 Å². The van der Waals surface area contributed by atoms with E-state index in [9.17, 15) is 10.1 Å². The normalized spacial score (nSPS) is 12.3. The van der Waals surface area contributed by atoms with E-state index in [1.807, 2.05) is 6.92 Å². The van der Waals surface area contributed by atoms with Gasteiger partial charge in [0.2, 0.25) is 0 Å². The summed E-state index contributed by atoms with van der Waals surface area (Å²) in [6.45, 7) is 1.84. The minimum Gasteiger partial charge on any atom is -0.385 e. The summed E-state index contributed by atoms with van der Waals surface area (Å²) in [5.74, 6) is 0. The highest BCUT2D eigenvalue weighted by atomic mass is 79.9. The van der Waals surface area contributed by atoms with Gasteiger partial charge in [-0.15, -0.1) is 0 Å². The van der Waals surface area contributed by atoms with Gasteiger partial charge in [0.25, 0.3) is 0 Å². The quantitative estimate of drug-likeness (QED) is 0.434. The lowest BCUT2D eigenvalue weighted by Gasteiger charge is -1.99. The summed E-state index contributed by atoms with van der Waals surface area (Å²) in [6.07, 6.45) is 0.623. The first kappa shape index (κ1) is 9.42. The van der Waals surface area contributed by atoms with Gasteiger partial charge in [-0.25, -0.2) is 0 Å². The molecule has 0 rings (SSSR count). The fourth-order valence-electron chi connectivity index (χ4n) is 0.536. The molecule has 5 heteroatoms. The molecule has 0 heterocycles. The maximum atomic E-state index is 10.1. The smallest absolute Gasteiger partial charge is 0.329 e. The van der Waals surface area contributed by atoms with Crippen LogP contribution < -0.4 is 5.32 Å². The van der Waals surface area contributed by atoms with E-state index in [4.69, 9.17) is 0 Å². The van der Waals surface area contributed by atoms with Crippen LogP contribution >= 0.6 is 15.9 Å². The molecule has 0 aliphatic heterocycles. The standard InChI is InChI=1S/C5H9BrN2O2/c1-3-4(7-2)5(6)8(9)10/h7H,3H2,1-2H3/b5-4-. The first-order valence-electron chi connectivity index (χ1n) is 2.84. The molecule has 0 spiro atoms. The molecule has 0 aromatic rings. The molecule has 0 aliphatic rings. The molecule has 0 unspecified atom stereocenters. The van der Waals surface area contributed by atoms with Gasteiger partial charge in [-0.05, 0) is 6.42 Å². The van der Waals surface area contributed by atoms with Crippen LogP contribution in [0.5, 0.6) is 0 Å². The summed E-state index contributed by atoms with van der Waals surface area (Å²) < 4.78 is 0.0116. The number of nitrogens with one attached hydrogen (secondary N) is 1. The van der Waals surface area contributed by atoms with Crippen LogP contribution in [0.1, 0.15) is 13.3 Å². The van der Waals surface area contributed by atoms with E-state index in [2.05, 4.69) is 21.2 Å². The Kier molecular flexibility index (Phi) is 4.02. The molecule has 4 nitrogen and oxygen atoms in total. The van der Waals surface area contributed by atoms with Crippen LogP contribution in [0.25, 0.3) is 0 Å². The average molecular weight is 209 g/mol. The first-order chi connectivity index (χ1) is 4.63. The van der Waals surface area contributed by atoms with Gasteiger partial charge in [-0.2, -0.15) is 0 Å². The SMILES string of the molecule is CC/C(NC)=C(\Br)[N+](=O)[O-]. The zero-order valence-electron chi connectivity index (χ0n) is 5.85. The number of hydrogen-bond donors (Lipinski definition) is 1. The minimum absolute atomic E-state index is 0.0116. The highest BCUT2D eigenvalue weighted by Gasteiger charge is 2.10. The third kappa shape index (κ3) is 2.34. The highest BCUT2D eigenvalue weighted by Crippen LogP contribution is 2.12. The number of nitro groups is 1. The molecule has 0 aliphatic carbocycles. The summed E-state index contributed by atoms with van der Waals surface area (Å²) in [5, 5.41) is 12.8. The molecule has 0 bridgehead atoms. The second-order valence-electron chi connectivity index (χ2n) is 1.63. The fourth-order valence-corrected chi connectivity index (χ4v) is 1.01. The van der Waals surface area contributed by atoms with E-state index in [1.165, 1.54) is 0 Å². The summed E-state index contributed by atoms with van der Waals surface area (Å²) in [4.78, 5) is 9.66. The van der Waals surface area contributed by atoms with Crippen molar-refractivity contribution in [2.45, 2.75) is 13.3 Å². The van der Waals surface area contributed by atoms with Crippen molar-refractivity contribution in [3.05, 3.63) is 20.4 Å². The molecule has 0 fully saturated rings. The van der Waals surface area contributed by atoms with Crippen molar-refractivity contribution in [1.29, 1.82) is 0 Å². The van der Waals surface area contributed by atoms with Crippen LogP contribution in [0.4, 0.5) is 0 Å². The number of hydrogen-bond acceptors (Lipinski definition) is 3. The number of allylic oxidation sites excluding steroid dienone is 1. The summed E-state index contributed by atoms with van der Waals surface area (Å²) in [5.41, 5.74) is 0.602. The van der Waals surface area contributed by atoms with Gasteiger partial charge in [0.1, 0.15) is 0 Å². The Morgan fingerprint density at radius 3 is 2.40 bits per heavy atom. The third-order valence-corrected chi connectivity index (χ3v) is 1.83. The van der Waals surface area contributed by atoms with Crippen LogP contribution in [0, 0.1) is 10.1 Å². The van der Waals surface area contributed by atoms with E-state index in [1.54, 1.807) is 7.05 Å². The molecule has 0 aromatic carbocycles. The molecule has 0 atom stereocenters. The van der Waals surface area contributed by atoms with Crippen molar-refractivity contribution < 1.29 is 4.92 Å². The van der Waals surface area contributed by atoms with Gasteiger partial charge in [0, 0.05) is 23.0 Å². The Labute approximate surface area is 67.6 Å². The van der Waals surface area contributed by atoms with Crippen molar-refractivity contribution in [3.8, 4) is 0 Å². The molecule has 58 valence electrons. The number of halogens is 1. The van der Waals surface area contributed by atoms with E-state index in [0.29, 0.717) is 12.1 Å². The van der Waals surface area contributed by atoms with Gasteiger partial charge in [-0.3, -0.25) is 10.1 Å². The number of rotatable bonds is 3. The summed E-state index contributed by atoms with van der Waals surface area (Å²) in [6, 6.07) is 0. The predicted octanol–water partition coefficient (Wildman–Crippen LogP) is 1.46. The Hall–Kier alpha value is -0.580. The number of nitrogens with zero attached hydrogens (tertiary/aromatic N) is 1. The lowest BCUT2D eigenvalue weighted by molar-refractivity contribution is -0.410. The van der Waals surface area contributed by atoms with Crippen LogP contribution in [0.3, 0.4) is 0 Å². The molecule has 0 radical (unpaired) electrons. The lowest BCUT2D eigenvalue weighted by atomic mass is 10.4. The second-order valence-corrected chi connectivity index (χ2v) is 2.38. The lowest BCUT2D eigenvalue weighted by Crippen LogP contribution is -2.09. The molecular weight excluding hydrogens is 200 g/mol. The Morgan fingerprint density at radius 2 is 2.30 bits per heavy atom. The van der Waals surface area contributed by atoms with E-state index in [0.717, 1.165) is 0 Å². The van der Waals surface area contributed by atoms with Crippen LogP contribution in [0.2, 0.25) is 0 Å². The molecule has 0 amide bonds. The molecule has 1 N–H and O–H groups in total. The first-order valence-corrected chi connectivity index (χ1v) is 3.63. The van der Waals surface area contributed by atoms with Gasteiger partial charge >= 0.3 is 4.61 Å². The fraction of sp³-hybridized carbons (Fsp3) is 0.600. The van der Waals surface area contributed by atoms with Gasteiger partial charge in [0.05, 0.1) is 10.6 Å². The van der Waals surface area contributed by atoms with Gasteiger partial charge in [-0.1, -0.05) is 6.92 Å². The molecule has 0 saturated carbocycles. The summed E-state index contributed by atoms with van der Waals surface area (Å²) in [7, 11) is 1.66. The third-order valence-electron chi connectivity index (χ3n) is 1.06. The average Bonchev–Trinajstić information content (AvgIpc) is 1.90. The van der Waals surface area contributed by atoms with Crippen LogP contribution in [-0.2, 0) is 0 Å². The van der Waals surface area contributed by atoms with Crippen molar-refractivity contribution >= 4 is 15.9 Å². The van der Waals surface area contributed by atoms with E-state index >= 15 is 0 Å². The maximum absolute atomic E-state index is 10.1. The Morgan fingerprint density at radius 1 is 1.80 bits per heavy atom. The van der Waals surface area contributed by atoms with Crippen molar-refractivity contribution in [2.24, 2.45) is 0 Å². The zero-order valence-corrected chi connectivity index (χ0v) is 7.43. The van der Waals surface area contributed by atoms with Crippen molar-refractivity contribution in [2.75, 3.05) is 7.05 Å². The van der Waals surface area contributed by atoms with Crippen LogP contribution in [0.15, 0.2) is 10.3 Å². The molecular formula is C5H9BrN2O2. The minimum atomic E-state index is -0.463. The molecule has 10 heavy (non-hydrogen) atoms. The topological polar surface area (TPSA) is 55.2 Å². The van der Waals surface area contributed by atoms with E-state index < -0.39 is 4.92 Å². The predicted molar refractivity (Wildman–Crippen MR) is 42.3 cm³/mol. The van der Waals surface area contributed by atoms with Crippen LogP contribution in [-0.4, -0.2) is 12.0 Å². The molecule has 0 saturated heterocycles. The largest absolute Gasteiger partial charge is 0.385 e. The Balaban J connectivity index is 4.43. The Bertz CT molecular complexity index is 161. The maximum Gasteiger partial charge on any atom is 0.329 e. The molecule has 0 aromatic heterocycles. The van der Waals surface area contributed by atoms with Gasteiger partial charge < -0.3 is 5.32 Å². The van der Waals surface area contributed by atoms with Crippen molar-refractivity contribution in [3.63, 3.8) is 0 Å². The zero-order chi connectivity index (χ0) is 8.15. The summed E-state index contributed by atoms with van der Waals surface area (Å²) >= 11 is 2.85. The second kappa shape index (κ2) is 4.27. The van der Waals surface area contributed by atoms with E-state index in [-0.39, 0.29) is 4.61 Å². The monoisotopic (exact) mass is 208 g/mol. The van der Waals surface area contributed by atoms with Crippen molar-refractivity contribution in [1.82, 2.24) is 5.32 Å².